The maximum atomic E-state index is 12.7. The third-order valence-corrected chi connectivity index (χ3v) is 4.62. The van der Waals surface area contributed by atoms with Gasteiger partial charge in [-0.15, -0.1) is 0 Å². The van der Waals surface area contributed by atoms with E-state index in [1.165, 1.54) is 0 Å². The molecule has 0 atom stereocenters. The third-order valence-electron chi connectivity index (χ3n) is 3.58. The van der Waals surface area contributed by atoms with Crippen LogP contribution < -0.4 is 0 Å². The van der Waals surface area contributed by atoms with Crippen LogP contribution in [0.5, 0.6) is 0 Å². The molecule has 0 aliphatic carbocycles. The lowest BCUT2D eigenvalue weighted by molar-refractivity contribution is 0.103. The lowest BCUT2D eigenvalue weighted by atomic mass is 10.1. The summed E-state index contributed by atoms with van der Waals surface area (Å²) < 4.78 is 3.08. The molecule has 0 unspecified atom stereocenters. The van der Waals surface area contributed by atoms with Crippen LogP contribution in [0.4, 0.5) is 0 Å². The van der Waals surface area contributed by atoms with Gasteiger partial charge in [-0.1, -0.05) is 53.3 Å². The first-order chi connectivity index (χ1) is 10.2. The minimum Gasteiger partial charge on any atom is -0.287 e. The quantitative estimate of drug-likeness (QED) is 0.522. The van der Waals surface area contributed by atoms with Gasteiger partial charge in [0.15, 0.2) is 4.96 Å². The van der Waals surface area contributed by atoms with Gasteiger partial charge in [-0.05, 0) is 19.1 Å². The maximum Gasteiger partial charge on any atom is 0.211 e. The Labute approximate surface area is 125 Å². The predicted molar refractivity (Wildman–Crippen MR) is 85.2 cm³/mol. The second kappa shape index (κ2) is 4.53. The van der Waals surface area contributed by atoms with E-state index in [0.717, 1.165) is 20.7 Å². The summed E-state index contributed by atoms with van der Waals surface area (Å²) in [6, 6.07) is 15.7. The molecule has 2 aromatic heterocycles. The monoisotopic (exact) mass is 292 g/mol. The summed E-state index contributed by atoms with van der Waals surface area (Å²) in [6.07, 6.45) is 1.67. The molecule has 2 aromatic carbocycles. The maximum absolute atomic E-state index is 12.7. The van der Waals surface area contributed by atoms with Gasteiger partial charge in [0.05, 0.1) is 16.4 Å². The minimum atomic E-state index is 0.00560. The molecule has 3 nitrogen and oxygen atoms in total. The topological polar surface area (TPSA) is 34.4 Å². The molecular formula is C17H12N2OS. The van der Waals surface area contributed by atoms with Gasteiger partial charge in [0.2, 0.25) is 5.78 Å². The van der Waals surface area contributed by atoms with E-state index in [4.69, 9.17) is 0 Å². The summed E-state index contributed by atoms with van der Waals surface area (Å²) in [7, 11) is 0. The average Bonchev–Trinajstić information content (AvgIpc) is 3.06. The van der Waals surface area contributed by atoms with E-state index in [1.54, 1.807) is 17.5 Å². The number of fused-ring (bicyclic) bond motifs is 3. The molecule has 0 spiro atoms. The van der Waals surface area contributed by atoms with Crippen molar-refractivity contribution >= 4 is 32.3 Å². The molecule has 0 N–H and O–H groups in total. The van der Waals surface area contributed by atoms with Crippen molar-refractivity contribution < 1.29 is 4.79 Å². The molecule has 0 radical (unpaired) electrons. The van der Waals surface area contributed by atoms with Crippen molar-refractivity contribution in [1.82, 2.24) is 9.38 Å². The Morgan fingerprint density at radius 1 is 1.10 bits per heavy atom. The van der Waals surface area contributed by atoms with E-state index in [-0.39, 0.29) is 5.78 Å². The molecule has 2 heterocycles. The van der Waals surface area contributed by atoms with Gasteiger partial charge in [0.25, 0.3) is 0 Å². The first-order valence-corrected chi connectivity index (χ1v) is 7.52. The summed E-state index contributed by atoms with van der Waals surface area (Å²) in [5, 5.41) is 0. The normalized spacial score (nSPS) is 11.3. The molecule has 4 heteroatoms. The third kappa shape index (κ3) is 1.87. The van der Waals surface area contributed by atoms with Crippen LogP contribution in [0.2, 0.25) is 0 Å². The largest absolute Gasteiger partial charge is 0.287 e. The molecule has 0 aliphatic rings. The highest BCUT2D eigenvalue weighted by atomic mass is 32.1. The van der Waals surface area contributed by atoms with Gasteiger partial charge in [-0.25, -0.2) is 4.98 Å². The Morgan fingerprint density at radius 2 is 1.86 bits per heavy atom. The Morgan fingerprint density at radius 3 is 2.67 bits per heavy atom. The number of thiazole rings is 1. The Bertz CT molecular complexity index is 963. The Hall–Kier alpha value is -2.46. The fourth-order valence-corrected chi connectivity index (χ4v) is 3.48. The second-order valence-corrected chi connectivity index (χ2v) is 6.04. The van der Waals surface area contributed by atoms with Gasteiger partial charge < -0.3 is 0 Å². The van der Waals surface area contributed by atoms with Crippen molar-refractivity contribution in [3.8, 4) is 0 Å². The van der Waals surface area contributed by atoms with E-state index in [2.05, 4.69) is 11.1 Å². The fourth-order valence-electron chi connectivity index (χ4n) is 2.48. The zero-order valence-corrected chi connectivity index (χ0v) is 12.2. The van der Waals surface area contributed by atoms with E-state index in [0.29, 0.717) is 11.3 Å². The molecule has 0 aliphatic heterocycles. The van der Waals surface area contributed by atoms with Crippen LogP contribution in [0.25, 0.3) is 15.2 Å². The van der Waals surface area contributed by atoms with Crippen LogP contribution in [0.1, 0.15) is 21.6 Å². The summed E-state index contributed by atoms with van der Waals surface area (Å²) in [5.41, 5.74) is 3.49. The number of imidazole rings is 1. The summed E-state index contributed by atoms with van der Waals surface area (Å²) in [4.78, 5) is 18.0. The number of hydrogen-bond acceptors (Lipinski definition) is 3. The molecule has 0 fully saturated rings. The van der Waals surface area contributed by atoms with E-state index < -0.39 is 0 Å². The number of hydrogen-bond donors (Lipinski definition) is 0. The lowest BCUT2D eigenvalue weighted by Gasteiger charge is -2.01. The molecule has 0 saturated carbocycles. The highest BCUT2D eigenvalue weighted by molar-refractivity contribution is 7.23. The number of para-hydroxylation sites is 1. The standard InChI is InChI=1S/C17H12N2OS/c1-11-6-8-12(9-7-11)16(20)14-10-18-17-19(14)13-4-2-3-5-15(13)21-17/h2-10H,1H3. The number of ketones is 1. The molecule has 4 aromatic rings. The van der Waals surface area contributed by atoms with Crippen LogP contribution in [0, 0.1) is 6.92 Å². The summed E-state index contributed by atoms with van der Waals surface area (Å²) in [6.45, 7) is 2.01. The SMILES string of the molecule is Cc1ccc(C(=O)c2cnc3sc4ccccc4n23)cc1. The molecule has 0 bridgehead atoms. The van der Waals surface area contributed by atoms with Crippen molar-refractivity contribution in [3.63, 3.8) is 0 Å². The van der Waals surface area contributed by atoms with Crippen molar-refractivity contribution in [1.29, 1.82) is 0 Å². The first-order valence-electron chi connectivity index (χ1n) is 6.70. The van der Waals surface area contributed by atoms with E-state index >= 15 is 0 Å². The second-order valence-electron chi connectivity index (χ2n) is 5.03. The number of carbonyl (C=O) groups is 1. The highest BCUT2D eigenvalue weighted by Crippen LogP contribution is 2.27. The number of nitrogens with zero attached hydrogens (tertiary/aromatic N) is 2. The Balaban J connectivity index is 1.93. The number of aryl methyl sites for hydroxylation is 1. The van der Waals surface area contributed by atoms with Gasteiger partial charge in [-0.3, -0.25) is 9.20 Å². The highest BCUT2D eigenvalue weighted by Gasteiger charge is 2.17. The van der Waals surface area contributed by atoms with Gasteiger partial charge in [-0.2, -0.15) is 0 Å². The smallest absolute Gasteiger partial charge is 0.211 e. The minimum absolute atomic E-state index is 0.00560. The molecule has 21 heavy (non-hydrogen) atoms. The first kappa shape index (κ1) is 12.3. The van der Waals surface area contributed by atoms with Gasteiger partial charge >= 0.3 is 0 Å². The Kier molecular flexibility index (Phi) is 2.65. The molecular weight excluding hydrogens is 280 g/mol. The summed E-state index contributed by atoms with van der Waals surface area (Å²) >= 11 is 1.60. The van der Waals surface area contributed by atoms with Crippen molar-refractivity contribution in [3.05, 3.63) is 71.5 Å². The average molecular weight is 292 g/mol. The fraction of sp³-hybridized carbons (Fsp3) is 0.0588. The predicted octanol–water partition coefficient (Wildman–Crippen LogP) is 4.09. The number of rotatable bonds is 2. The van der Waals surface area contributed by atoms with Crippen LogP contribution in [-0.2, 0) is 0 Å². The van der Waals surface area contributed by atoms with Crippen LogP contribution >= 0.6 is 11.3 Å². The van der Waals surface area contributed by atoms with E-state index in [1.807, 2.05) is 53.8 Å². The molecule has 0 amide bonds. The van der Waals surface area contributed by atoms with Crippen LogP contribution in [0.3, 0.4) is 0 Å². The van der Waals surface area contributed by atoms with E-state index in [9.17, 15) is 4.79 Å². The van der Waals surface area contributed by atoms with Crippen LogP contribution in [0.15, 0.2) is 54.7 Å². The van der Waals surface area contributed by atoms with Gasteiger partial charge in [0.1, 0.15) is 5.69 Å². The number of aromatic nitrogens is 2. The molecule has 4 rings (SSSR count). The number of benzene rings is 2. The molecule has 0 saturated heterocycles. The van der Waals surface area contributed by atoms with Crippen molar-refractivity contribution in [2.45, 2.75) is 6.92 Å². The van der Waals surface area contributed by atoms with Crippen LogP contribution in [-0.4, -0.2) is 15.2 Å². The lowest BCUT2D eigenvalue weighted by Crippen LogP contribution is -2.04. The zero-order chi connectivity index (χ0) is 14.4. The zero-order valence-electron chi connectivity index (χ0n) is 11.4. The molecule has 102 valence electrons. The van der Waals surface area contributed by atoms with Gasteiger partial charge in [0, 0.05) is 5.56 Å². The van der Waals surface area contributed by atoms with Crippen molar-refractivity contribution in [2.75, 3.05) is 0 Å². The number of carbonyl (C=O) groups excluding carboxylic acids is 1. The van der Waals surface area contributed by atoms with Crippen molar-refractivity contribution in [2.24, 2.45) is 0 Å². The summed E-state index contributed by atoms with van der Waals surface area (Å²) in [5.74, 6) is 0.00560.